The molecule has 3 amide bonds. The highest BCUT2D eigenvalue weighted by molar-refractivity contribution is 6.00. The van der Waals surface area contributed by atoms with Gasteiger partial charge in [-0.3, -0.25) is 19.8 Å². The van der Waals surface area contributed by atoms with Gasteiger partial charge in [0.15, 0.2) is 0 Å². The number of benzene rings is 2. The second-order valence-corrected chi connectivity index (χ2v) is 11.7. The van der Waals surface area contributed by atoms with Gasteiger partial charge in [0.1, 0.15) is 11.6 Å². The number of aliphatic hydroxyl groups excluding tert-OH is 1. The zero-order chi connectivity index (χ0) is 33.5. The van der Waals surface area contributed by atoms with E-state index in [-0.39, 0.29) is 41.8 Å². The molecule has 0 radical (unpaired) electrons. The number of nitrogens with zero attached hydrogens (tertiary/aromatic N) is 2. The molecule has 0 bridgehead atoms. The summed E-state index contributed by atoms with van der Waals surface area (Å²) in [7, 11) is 0. The van der Waals surface area contributed by atoms with E-state index in [4.69, 9.17) is 0 Å². The van der Waals surface area contributed by atoms with Gasteiger partial charge in [0.25, 0.3) is 11.8 Å². The first-order valence-corrected chi connectivity index (χ1v) is 15.8. The molecule has 10 heteroatoms. The van der Waals surface area contributed by atoms with Crippen molar-refractivity contribution in [2.45, 2.75) is 85.8 Å². The van der Waals surface area contributed by atoms with Crippen LogP contribution in [0.15, 0.2) is 36.4 Å². The number of aliphatic hydroxyl groups is 1. The van der Waals surface area contributed by atoms with Crippen LogP contribution in [-0.4, -0.2) is 71.1 Å². The average Bonchev–Trinajstić information content (AvgIpc) is 2.95. The number of hydrazine groups is 1. The predicted octanol–water partition coefficient (Wildman–Crippen LogP) is 5.09. The smallest absolute Gasteiger partial charge is 0.253 e. The summed E-state index contributed by atoms with van der Waals surface area (Å²) in [5, 5.41) is 15.8. The first-order valence-electron chi connectivity index (χ1n) is 15.8. The standard InChI is InChI=1S/C35H48F2N4O4/c1-7-11-25-16-27(21-28(17-25)35(45)40(12-8-2)13-9-3)34(44)38-31(20-26-18-29(36)22-30(37)19-26)32(42)23-41(14-10-4)39-33(43)15-24(5)6/h16-19,21-22,24,31-32,42H,8-10,12-15,20,23H2,1-6H3,(H,38,44)(H,39,43). The van der Waals surface area contributed by atoms with Gasteiger partial charge in [-0.1, -0.05) is 40.5 Å². The van der Waals surface area contributed by atoms with Crippen molar-refractivity contribution in [1.29, 1.82) is 0 Å². The predicted molar refractivity (Wildman–Crippen MR) is 172 cm³/mol. The molecule has 2 aromatic rings. The van der Waals surface area contributed by atoms with Gasteiger partial charge < -0.3 is 15.3 Å². The fourth-order valence-corrected chi connectivity index (χ4v) is 5.06. The minimum Gasteiger partial charge on any atom is -0.390 e. The Kier molecular flexibility index (Phi) is 15.7. The van der Waals surface area contributed by atoms with Crippen LogP contribution in [0.25, 0.3) is 0 Å². The minimum absolute atomic E-state index is 0.0471. The van der Waals surface area contributed by atoms with E-state index in [9.17, 15) is 28.3 Å². The molecule has 246 valence electrons. The largest absolute Gasteiger partial charge is 0.390 e. The summed E-state index contributed by atoms with van der Waals surface area (Å²) in [5.74, 6) is 3.28. The lowest BCUT2D eigenvalue weighted by atomic mass is 9.99. The number of carbonyl (C=O) groups is 3. The fourth-order valence-electron chi connectivity index (χ4n) is 5.06. The monoisotopic (exact) mass is 626 g/mol. The third kappa shape index (κ3) is 12.6. The summed E-state index contributed by atoms with van der Waals surface area (Å²) in [6.07, 6.45) is 1.20. The molecular weight excluding hydrogens is 578 g/mol. The fraction of sp³-hybridized carbons (Fsp3) is 0.514. The van der Waals surface area contributed by atoms with Gasteiger partial charge in [-0.15, -0.1) is 5.92 Å². The third-order valence-corrected chi connectivity index (χ3v) is 6.92. The summed E-state index contributed by atoms with van der Waals surface area (Å²) in [6, 6.07) is 6.75. The zero-order valence-corrected chi connectivity index (χ0v) is 27.4. The maximum atomic E-state index is 14.1. The number of rotatable bonds is 17. The molecule has 0 heterocycles. The van der Waals surface area contributed by atoms with Crippen LogP contribution in [-0.2, 0) is 11.2 Å². The second-order valence-electron chi connectivity index (χ2n) is 11.7. The zero-order valence-electron chi connectivity index (χ0n) is 27.4. The first-order chi connectivity index (χ1) is 21.4. The van der Waals surface area contributed by atoms with Crippen molar-refractivity contribution < 1.29 is 28.3 Å². The summed E-state index contributed by atoms with van der Waals surface area (Å²) in [5.41, 5.74) is 4.00. The van der Waals surface area contributed by atoms with E-state index in [1.54, 1.807) is 29.0 Å². The summed E-state index contributed by atoms with van der Waals surface area (Å²) in [4.78, 5) is 41.4. The molecule has 0 saturated heterocycles. The van der Waals surface area contributed by atoms with Gasteiger partial charge in [-0.05, 0) is 74.4 Å². The number of amides is 3. The van der Waals surface area contributed by atoms with Gasteiger partial charge in [0, 0.05) is 55.4 Å². The van der Waals surface area contributed by atoms with Gasteiger partial charge >= 0.3 is 0 Å². The Balaban J connectivity index is 2.45. The quantitative estimate of drug-likeness (QED) is 0.168. The van der Waals surface area contributed by atoms with Gasteiger partial charge in [-0.25, -0.2) is 13.8 Å². The molecule has 0 aromatic heterocycles. The Labute approximate surface area is 266 Å². The van der Waals surface area contributed by atoms with Crippen LogP contribution in [0.2, 0.25) is 0 Å². The van der Waals surface area contributed by atoms with Crippen LogP contribution in [0.3, 0.4) is 0 Å². The molecule has 0 spiro atoms. The molecule has 3 N–H and O–H groups in total. The molecule has 45 heavy (non-hydrogen) atoms. The molecule has 2 atom stereocenters. The molecule has 0 aliphatic rings. The van der Waals surface area contributed by atoms with Crippen LogP contribution in [0, 0.1) is 29.4 Å². The number of hydrogen-bond donors (Lipinski definition) is 3. The molecule has 2 aromatic carbocycles. The summed E-state index contributed by atoms with van der Waals surface area (Å²) in [6.45, 7) is 12.9. The highest BCUT2D eigenvalue weighted by Crippen LogP contribution is 2.17. The number of halogens is 2. The molecule has 0 fully saturated rings. The molecule has 0 aliphatic heterocycles. The Morgan fingerprint density at radius 2 is 1.49 bits per heavy atom. The lowest BCUT2D eigenvalue weighted by molar-refractivity contribution is -0.127. The van der Waals surface area contributed by atoms with E-state index in [1.165, 1.54) is 6.07 Å². The highest BCUT2D eigenvalue weighted by atomic mass is 19.1. The Morgan fingerprint density at radius 3 is 2.04 bits per heavy atom. The number of carbonyl (C=O) groups excluding carboxylic acids is 3. The number of nitrogens with one attached hydrogen (secondary N) is 2. The van der Waals surface area contributed by atoms with E-state index in [1.807, 2.05) is 34.6 Å². The van der Waals surface area contributed by atoms with E-state index < -0.39 is 29.7 Å². The van der Waals surface area contributed by atoms with Crippen molar-refractivity contribution in [3.63, 3.8) is 0 Å². The van der Waals surface area contributed by atoms with E-state index >= 15 is 0 Å². The van der Waals surface area contributed by atoms with Gasteiger partial charge in [-0.2, -0.15) is 0 Å². The van der Waals surface area contributed by atoms with Crippen LogP contribution in [0.4, 0.5) is 8.78 Å². The van der Waals surface area contributed by atoms with Gasteiger partial charge in [0.2, 0.25) is 5.91 Å². The van der Waals surface area contributed by atoms with Gasteiger partial charge in [0.05, 0.1) is 12.1 Å². The molecule has 2 unspecified atom stereocenters. The topological polar surface area (TPSA) is 102 Å². The lowest BCUT2D eigenvalue weighted by Gasteiger charge is -2.30. The molecule has 0 aliphatic carbocycles. The second kappa shape index (κ2) is 18.9. The Hall–Kier alpha value is -3.81. The first kappa shape index (κ1) is 37.4. The maximum absolute atomic E-state index is 14.1. The van der Waals surface area contributed by atoms with Crippen LogP contribution >= 0.6 is 0 Å². The molecular formula is C35H48F2N4O4. The summed E-state index contributed by atoms with van der Waals surface area (Å²) >= 11 is 0. The van der Waals surface area contributed by atoms with E-state index in [0.717, 1.165) is 31.0 Å². The van der Waals surface area contributed by atoms with E-state index in [0.29, 0.717) is 43.6 Å². The maximum Gasteiger partial charge on any atom is 0.253 e. The minimum atomic E-state index is -1.24. The molecule has 2 rings (SSSR count). The highest BCUT2D eigenvalue weighted by Gasteiger charge is 2.27. The van der Waals surface area contributed by atoms with Crippen molar-refractivity contribution in [1.82, 2.24) is 20.7 Å². The lowest BCUT2D eigenvalue weighted by Crippen LogP contribution is -2.53. The van der Waals surface area contributed by atoms with Crippen molar-refractivity contribution in [2.24, 2.45) is 5.92 Å². The molecule has 0 saturated carbocycles. The SMILES string of the molecule is CC#Cc1cc(C(=O)NC(Cc2cc(F)cc(F)c2)C(O)CN(CCC)NC(=O)CC(C)C)cc(C(=O)N(CCC)CCC)c1. The summed E-state index contributed by atoms with van der Waals surface area (Å²) < 4.78 is 28.2. The van der Waals surface area contributed by atoms with Crippen LogP contribution < -0.4 is 10.7 Å². The molecule has 8 nitrogen and oxygen atoms in total. The van der Waals surface area contributed by atoms with Crippen LogP contribution in [0.5, 0.6) is 0 Å². The average molecular weight is 627 g/mol. The van der Waals surface area contributed by atoms with Crippen molar-refractivity contribution in [3.8, 4) is 11.8 Å². The third-order valence-electron chi connectivity index (χ3n) is 6.92. The van der Waals surface area contributed by atoms with Crippen molar-refractivity contribution >= 4 is 17.7 Å². The normalized spacial score (nSPS) is 12.3. The van der Waals surface area contributed by atoms with E-state index in [2.05, 4.69) is 22.6 Å². The van der Waals surface area contributed by atoms with Crippen molar-refractivity contribution in [2.75, 3.05) is 26.2 Å². The Bertz CT molecular complexity index is 1330. The Morgan fingerprint density at radius 1 is 0.889 bits per heavy atom. The number of hydrogen-bond acceptors (Lipinski definition) is 5. The van der Waals surface area contributed by atoms with Crippen molar-refractivity contribution in [3.05, 3.63) is 70.3 Å². The van der Waals surface area contributed by atoms with Crippen LogP contribution in [0.1, 0.15) is 99.1 Å².